The maximum atomic E-state index is 13.7. The van der Waals surface area contributed by atoms with Crippen molar-refractivity contribution in [1.82, 2.24) is 0 Å². The number of carbonyl (C=O) groups is 2. The molecule has 0 heterocycles. The zero-order valence-electron chi connectivity index (χ0n) is 34.2. The van der Waals surface area contributed by atoms with E-state index in [0.717, 1.165) is 22.3 Å². The Hall–Kier alpha value is -9.46. The lowest BCUT2D eigenvalue weighted by Crippen LogP contribution is -2.13. The van der Waals surface area contributed by atoms with E-state index in [-0.39, 0.29) is 22.9 Å². The van der Waals surface area contributed by atoms with Gasteiger partial charge >= 0.3 is 0 Å². The molecule has 0 unspecified atom stereocenters. The SMILES string of the molecule is O=C(Nc1ccc(-c2ccc(NC(=O)c3cc(C#Cc4ccccc4)cc(C#Cc4ccccc4)c3)c(O)c2)cc1O)c1cc(C#Cc2ccccc2)cc(C#Cc2ccccc2)c1. The van der Waals surface area contributed by atoms with Gasteiger partial charge in [-0.25, -0.2) is 0 Å². The Morgan fingerprint density at radius 1 is 0.312 bits per heavy atom. The van der Waals surface area contributed by atoms with Crippen LogP contribution in [0.25, 0.3) is 11.1 Å². The Balaban J connectivity index is 0.997. The summed E-state index contributed by atoms with van der Waals surface area (Å²) in [6, 6.07) is 58.2. The summed E-state index contributed by atoms with van der Waals surface area (Å²) in [4.78, 5) is 27.3. The highest BCUT2D eigenvalue weighted by Gasteiger charge is 2.15. The number of aromatic hydroxyl groups is 2. The van der Waals surface area contributed by atoms with Crippen molar-refractivity contribution < 1.29 is 19.8 Å². The van der Waals surface area contributed by atoms with Gasteiger partial charge in [0.1, 0.15) is 11.5 Å². The monoisotopic (exact) mass is 824 g/mol. The Labute approximate surface area is 371 Å². The van der Waals surface area contributed by atoms with Gasteiger partial charge in [0.15, 0.2) is 0 Å². The van der Waals surface area contributed by atoms with Crippen molar-refractivity contribution in [3.8, 4) is 70.0 Å². The summed E-state index contributed by atoms with van der Waals surface area (Å²) in [5, 5.41) is 27.8. The van der Waals surface area contributed by atoms with Crippen LogP contribution in [0.4, 0.5) is 11.4 Å². The van der Waals surface area contributed by atoms with Gasteiger partial charge in [-0.1, -0.05) is 132 Å². The molecule has 0 aliphatic rings. The summed E-state index contributed by atoms with van der Waals surface area (Å²) in [6.45, 7) is 0. The Bertz CT molecular complexity index is 2910. The minimum atomic E-state index is -0.462. The Kier molecular flexibility index (Phi) is 12.7. The fourth-order valence-corrected chi connectivity index (χ4v) is 6.49. The summed E-state index contributed by atoms with van der Waals surface area (Å²) < 4.78 is 0. The first-order valence-corrected chi connectivity index (χ1v) is 20.2. The number of phenols is 2. The van der Waals surface area contributed by atoms with Crippen LogP contribution in [0.5, 0.6) is 11.5 Å². The highest BCUT2D eigenvalue weighted by atomic mass is 16.3. The molecule has 0 aliphatic carbocycles. The molecule has 0 aromatic heterocycles. The van der Waals surface area contributed by atoms with E-state index in [2.05, 4.69) is 58.0 Å². The van der Waals surface area contributed by atoms with Gasteiger partial charge in [-0.3, -0.25) is 9.59 Å². The van der Waals surface area contributed by atoms with Crippen molar-refractivity contribution in [2.45, 2.75) is 0 Å². The third-order valence-corrected chi connectivity index (χ3v) is 9.72. The summed E-state index contributed by atoms with van der Waals surface area (Å²) in [7, 11) is 0. The number of anilines is 2. The van der Waals surface area contributed by atoms with Crippen molar-refractivity contribution in [3.63, 3.8) is 0 Å². The maximum absolute atomic E-state index is 13.7. The molecule has 8 aromatic carbocycles. The molecule has 0 aliphatic heterocycles. The third-order valence-electron chi connectivity index (χ3n) is 9.72. The van der Waals surface area contributed by atoms with E-state index in [1.807, 2.05) is 133 Å². The molecule has 0 saturated carbocycles. The lowest BCUT2D eigenvalue weighted by atomic mass is 10.0. The van der Waals surface area contributed by atoms with Gasteiger partial charge in [-0.05, 0) is 120 Å². The largest absolute Gasteiger partial charge is 0.506 e. The van der Waals surface area contributed by atoms with Crippen LogP contribution in [0.1, 0.15) is 65.2 Å². The first kappa shape index (κ1) is 41.3. The van der Waals surface area contributed by atoms with E-state index in [1.165, 1.54) is 12.1 Å². The van der Waals surface area contributed by atoms with Crippen molar-refractivity contribution >= 4 is 23.2 Å². The van der Waals surface area contributed by atoms with Crippen LogP contribution in [-0.4, -0.2) is 22.0 Å². The fraction of sp³-hybridized carbons (Fsp3) is 0. The van der Waals surface area contributed by atoms with Crippen molar-refractivity contribution in [2.24, 2.45) is 0 Å². The minimum Gasteiger partial charge on any atom is -0.506 e. The second kappa shape index (κ2) is 19.7. The number of nitrogens with one attached hydrogen (secondary N) is 2. The quantitative estimate of drug-likeness (QED) is 0.103. The number of carbonyl (C=O) groups excluding carboxylic acids is 2. The molecular formula is C58H36N2O4. The first-order valence-electron chi connectivity index (χ1n) is 20.2. The van der Waals surface area contributed by atoms with Crippen LogP contribution < -0.4 is 10.6 Å². The number of amides is 2. The van der Waals surface area contributed by atoms with Crippen LogP contribution in [0.3, 0.4) is 0 Å². The molecule has 2 amide bonds. The predicted molar refractivity (Wildman–Crippen MR) is 254 cm³/mol. The van der Waals surface area contributed by atoms with Gasteiger partial charge in [-0.2, -0.15) is 0 Å². The van der Waals surface area contributed by atoms with Crippen LogP contribution >= 0.6 is 0 Å². The third kappa shape index (κ3) is 11.0. The Morgan fingerprint density at radius 3 is 0.844 bits per heavy atom. The molecule has 8 rings (SSSR count). The Morgan fingerprint density at radius 2 is 0.578 bits per heavy atom. The molecule has 6 nitrogen and oxygen atoms in total. The molecule has 0 atom stereocenters. The average molecular weight is 825 g/mol. The van der Waals surface area contributed by atoms with Gasteiger partial charge < -0.3 is 20.8 Å². The van der Waals surface area contributed by atoms with Gasteiger partial charge in [0.2, 0.25) is 0 Å². The van der Waals surface area contributed by atoms with E-state index >= 15 is 0 Å². The molecule has 0 fully saturated rings. The zero-order valence-corrected chi connectivity index (χ0v) is 34.2. The molecule has 0 spiro atoms. The predicted octanol–water partition coefficient (Wildman–Crippen LogP) is 10.9. The number of benzene rings is 8. The molecule has 0 radical (unpaired) electrons. The molecule has 64 heavy (non-hydrogen) atoms. The summed E-state index contributed by atoms with van der Waals surface area (Å²) >= 11 is 0. The molecule has 6 heteroatoms. The number of rotatable bonds is 5. The lowest BCUT2D eigenvalue weighted by Gasteiger charge is -2.12. The number of hydrogen-bond acceptors (Lipinski definition) is 4. The standard InChI is InChI=1S/C58H36N2O4/c61-55-39-49(29-31-53(55)59-57(63)51-35-45(25-21-41-13-5-1-6-14-41)33-46(36-51)26-22-42-15-7-2-8-16-42)50-30-32-54(56(62)40-50)60-58(64)52-37-47(27-23-43-17-9-3-10-18-43)34-48(38-52)28-24-44-19-11-4-12-20-44/h1-20,29-40,61-62H,(H,59,63)(H,60,64). The molecular weight excluding hydrogens is 789 g/mol. The highest BCUT2D eigenvalue weighted by Crippen LogP contribution is 2.34. The van der Waals surface area contributed by atoms with Crippen LogP contribution in [0.15, 0.2) is 194 Å². The van der Waals surface area contributed by atoms with Crippen molar-refractivity contribution in [3.05, 3.63) is 250 Å². The first-order chi connectivity index (χ1) is 31.3. The molecule has 0 saturated heterocycles. The molecule has 4 N–H and O–H groups in total. The highest BCUT2D eigenvalue weighted by molar-refractivity contribution is 6.06. The number of phenolic OH excluding ortho intramolecular Hbond substituents is 2. The lowest BCUT2D eigenvalue weighted by molar-refractivity contribution is 0.101. The summed E-state index contributed by atoms with van der Waals surface area (Å²) in [5.41, 5.74) is 7.86. The van der Waals surface area contributed by atoms with Crippen LogP contribution in [0, 0.1) is 47.4 Å². The van der Waals surface area contributed by atoms with Crippen LogP contribution in [0.2, 0.25) is 0 Å². The second-order valence-corrected chi connectivity index (χ2v) is 14.4. The summed E-state index contributed by atoms with van der Waals surface area (Å²) in [5.74, 6) is 23.8. The van der Waals surface area contributed by atoms with Crippen molar-refractivity contribution in [1.29, 1.82) is 0 Å². The molecule has 8 aromatic rings. The normalized spacial score (nSPS) is 9.94. The van der Waals surface area contributed by atoms with Crippen molar-refractivity contribution in [2.75, 3.05) is 10.6 Å². The zero-order chi connectivity index (χ0) is 44.1. The topological polar surface area (TPSA) is 98.7 Å². The maximum Gasteiger partial charge on any atom is 0.255 e. The molecule has 302 valence electrons. The summed E-state index contributed by atoms with van der Waals surface area (Å²) in [6.07, 6.45) is 0. The van der Waals surface area contributed by atoms with Gasteiger partial charge in [0.05, 0.1) is 11.4 Å². The van der Waals surface area contributed by atoms with Crippen LogP contribution in [-0.2, 0) is 0 Å². The van der Waals surface area contributed by atoms with Gasteiger partial charge in [0, 0.05) is 55.6 Å². The van der Waals surface area contributed by atoms with Gasteiger partial charge in [-0.15, -0.1) is 0 Å². The number of hydrogen-bond donors (Lipinski definition) is 4. The van der Waals surface area contributed by atoms with E-state index in [0.29, 0.717) is 44.5 Å². The van der Waals surface area contributed by atoms with E-state index in [9.17, 15) is 19.8 Å². The minimum absolute atomic E-state index is 0.183. The van der Waals surface area contributed by atoms with E-state index in [1.54, 1.807) is 48.5 Å². The van der Waals surface area contributed by atoms with E-state index in [4.69, 9.17) is 0 Å². The second-order valence-electron chi connectivity index (χ2n) is 14.4. The smallest absolute Gasteiger partial charge is 0.255 e. The van der Waals surface area contributed by atoms with Gasteiger partial charge in [0.25, 0.3) is 11.8 Å². The molecule has 0 bridgehead atoms. The van der Waals surface area contributed by atoms with E-state index < -0.39 is 11.8 Å². The fourth-order valence-electron chi connectivity index (χ4n) is 6.49. The average Bonchev–Trinajstić information content (AvgIpc) is 3.33.